The molecule has 4 heteroatoms. The fourth-order valence-electron chi connectivity index (χ4n) is 1.81. The van der Waals surface area contributed by atoms with Gasteiger partial charge in [0.15, 0.2) is 0 Å². The van der Waals surface area contributed by atoms with Gasteiger partial charge in [0.05, 0.1) is 6.54 Å². The molecule has 0 radical (unpaired) electrons. The van der Waals surface area contributed by atoms with Gasteiger partial charge in [-0.3, -0.25) is 0 Å². The molecule has 4 nitrogen and oxygen atoms in total. The number of carbonyl (C=O) groups excluding carboxylic acids is 1. The van der Waals surface area contributed by atoms with Crippen LogP contribution in [0.2, 0.25) is 0 Å². The number of carbonyl (C=O) groups is 1. The first kappa shape index (κ1) is 8.81. The number of nitrogens with zero attached hydrogens (tertiary/aromatic N) is 1. The summed E-state index contributed by atoms with van der Waals surface area (Å²) >= 11 is 0. The SMILES string of the molecule is CC1(CN)CN(C2CCC2)C(=O)O1. The minimum absolute atomic E-state index is 0.183. The van der Waals surface area contributed by atoms with Crippen molar-refractivity contribution < 1.29 is 9.53 Å². The summed E-state index contributed by atoms with van der Waals surface area (Å²) in [6.07, 6.45) is 3.29. The monoisotopic (exact) mass is 184 g/mol. The third kappa shape index (κ3) is 1.39. The van der Waals surface area contributed by atoms with Crippen LogP contribution in [0.25, 0.3) is 0 Å². The third-order valence-corrected chi connectivity index (χ3v) is 3.02. The highest BCUT2D eigenvalue weighted by molar-refractivity contribution is 5.71. The van der Waals surface area contributed by atoms with E-state index >= 15 is 0 Å². The highest BCUT2D eigenvalue weighted by atomic mass is 16.6. The molecule has 2 aliphatic rings. The predicted octanol–water partition coefficient (Wildman–Crippen LogP) is 0.708. The summed E-state index contributed by atoms with van der Waals surface area (Å²) in [6.45, 7) is 2.96. The molecule has 1 saturated carbocycles. The van der Waals surface area contributed by atoms with Crippen molar-refractivity contribution >= 4 is 6.09 Å². The van der Waals surface area contributed by atoms with Crippen LogP contribution < -0.4 is 5.73 Å². The van der Waals surface area contributed by atoms with E-state index in [0.29, 0.717) is 19.1 Å². The van der Waals surface area contributed by atoms with Crippen LogP contribution in [-0.4, -0.2) is 35.7 Å². The van der Waals surface area contributed by atoms with Crippen LogP contribution in [0.4, 0.5) is 4.79 Å². The number of ether oxygens (including phenoxy) is 1. The molecule has 74 valence electrons. The standard InChI is InChI=1S/C9H16N2O2/c1-9(5-10)6-11(8(12)13-9)7-3-2-4-7/h7H,2-6,10H2,1H3. The second-order valence-electron chi connectivity index (χ2n) is 4.23. The van der Waals surface area contributed by atoms with Crippen molar-refractivity contribution in [3.8, 4) is 0 Å². The van der Waals surface area contributed by atoms with Crippen LogP contribution in [0.15, 0.2) is 0 Å². The Bertz CT molecular complexity index is 228. The molecule has 0 aromatic heterocycles. The van der Waals surface area contributed by atoms with Crippen LogP contribution >= 0.6 is 0 Å². The molecule has 1 aliphatic carbocycles. The van der Waals surface area contributed by atoms with Gasteiger partial charge in [0.2, 0.25) is 0 Å². The average Bonchev–Trinajstić information content (AvgIpc) is 2.26. The summed E-state index contributed by atoms with van der Waals surface area (Å²) in [5.74, 6) is 0. The number of rotatable bonds is 2. The fourth-order valence-corrected chi connectivity index (χ4v) is 1.81. The zero-order valence-corrected chi connectivity index (χ0v) is 7.95. The highest BCUT2D eigenvalue weighted by Gasteiger charge is 2.44. The van der Waals surface area contributed by atoms with Crippen molar-refractivity contribution in [2.24, 2.45) is 5.73 Å². The minimum Gasteiger partial charge on any atom is -0.440 e. The summed E-state index contributed by atoms with van der Waals surface area (Å²) in [4.78, 5) is 13.3. The van der Waals surface area contributed by atoms with Gasteiger partial charge in [-0.2, -0.15) is 0 Å². The van der Waals surface area contributed by atoms with Gasteiger partial charge in [-0.1, -0.05) is 0 Å². The molecule has 0 aromatic rings. The topological polar surface area (TPSA) is 55.6 Å². The molecule has 1 amide bonds. The van der Waals surface area contributed by atoms with E-state index in [0.717, 1.165) is 12.8 Å². The predicted molar refractivity (Wildman–Crippen MR) is 48.3 cm³/mol. The molecular formula is C9H16N2O2. The fraction of sp³-hybridized carbons (Fsp3) is 0.889. The van der Waals surface area contributed by atoms with Gasteiger partial charge < -0.3 is 15.4 Å². The number of cyclic esters (lactones) is 1. The lowest BCUT2D eigenvalue weighted by Crippen LogP contribution is -2.44. The van der Waals surface area contributed by atoms with Crippen LogP contribution in [0, 0.1) is 0 Å². The second kappa shape index (κ2) is 2.87. The Morgan fingerprint density at radius 1 is 1.69 bits per heavy atom. The number of hydrogen-bond donors (Lipinski definition) is 1. The van der Waals surface area contributed by atoms with Crippen molar-refractivity contribution in [2.45, 2.75) is 37.8 Å². The molecule has 1 heterocycles. The van der Waals surface area contributed by atoms with Crippen LogP contribution in [0.3, 0.4) is 0 Å². The van der Waals surface area contributed by atoms with Gasteiger partial charge in [0.25, 0.3) is 0 Å². The van der Waals surface area contributed by atoms with Crippen LogP contribution in [0.1, 0.15) is 26.2 Å². The van der Waals surface area contributed by atoms with Gasteiger partial charge in [-0.25, -0.2) is 4.79 Å². The van der Waals surface area contributed by atoms with E-state index in [1.807, 2.05) is 11.8 Å². The molecular weight excluding hydrogens is 168 g/mol. The summed E-state index contributed by atoms with van der Waals surface area (Å²) in [6, 6.07) is 0.417. The molecule has 0 aromatic carbocycles. The highest BCUT2D eigenvalue weighted by Crippen LogP contribution is 2.31. The zero-order chi connectivity index (χ0) is 9.47. The molecule has 2 N–H and O–H groups in total. The molecule has 2 fully saturated rings. The Hall–Kier alpha value is -0.770. The van der Waals surface area contributed by atoms with Gasteiger partial charge in [0.1, 0.15) is 5.60 Å². The zero-order valence-electron chi connectivity index (χ0n) is 7.95. The Kier molecular flexibility index (Phi) is 1.95. The van der Waals surface area contributed by atoms with Gasteiger partial charge in [-0.05, 0) is 26.2 Å². The van der Waals surface area contributed by atoms with E-state index in [2.05, 4.69) is 0 Å². The molecule has 1 aliphatic heterocycles. The maximum Gasteiger partial charge on any atom is 0.410 e. The Morgan fingerprint density at radius 2 is 2.38 bits per heavy atom. The molecule has 1 saturated heterocycles. The first-order valence-electron chi connectivity index (χ1n) is 4.84. The van der Waals surface area contributed by atoms with E-state index in [-0.39, 0.29) is 6.09 Å². The van der Waals surface area contributed by atoms with Crippen LogP contribution in [-0.2, 0) is 4.74 Å². The lowest BCUT2D eigenvalue weighted by atomic mass is 9.91. The first-order chi connectivity index (χ1) is 6.14. The number of amides is 1. The van der Waals surface area contributed by atoms with E-state index in [9.17, 15) is 4.79 Å². The van der Waals surface area contributed by atoms with E-state index in [1.54, 1.807) is 0 Å². The summed E-state index contributed by atoms with van der Waals surface area (Å²) in [7, 11) is 0. The van der Waals surface area contributed by atoms with E-state index in [4.69, 9.17) is 10.5 Å². The minimum atomic E-state index is -0.452. The van der Waals surface area contributed by atoms with Gasteiger partial charge in [-0.15, -0.1) is 0 Å². The number of hydrogen-bond acceptors (Lipinski definition) is 3. The smallest absolute Gasteiger partial charge is 0.410 e. The quantitative estimate of drug-likeness (QED) is 0.687. The second-order valence-corrected chi connectivity index (χ2v) is 4.23. The van der Waals surface area contributed by atoms with E-state index < -0.39 is 5.60 Å². The Balaban J connectivity index is 2.02. The van der Waals surface area contributed by atoms with Gasteiger partial charge in [0, 0.05) is 12.6 Å². The van der Waals surface area contributed by atoms with Crippen molar-refractivity contribution in [3.63, 3.8) is 0 Å². The Morgan fingerprint density at radius 3 is 2.77 bits per heavy atom. The lowest BCUT2D eigenvalue weighted by molar-refractivity contribution is 0.0773. The molecule has 0 bridgehead atoms. The van der Waals surface area contributed by atoms with Crippen molar-refractivity contribution in [1.29, 1.82) is 0 Å². The van der Waals surface area contributed by atoms with Crippen LogP contribution in [0.5, 0.6) is 0 Å². The van der Waals surface area contributed by atoms with Crippen molar-refractivity contribution in [2.75, 3.05) is 13.1 Å². The third-order valence-electron chi connectivity index (χ3n) is 3.02. The lowest BCUT2D eigenvalue weighted by Gasteiger charge is -2.33. The van der Waals surface area contributed by atoms with Crippen molar-refractivity contribution in [1.82, 2.24) is 4.90 Å². The molecule has 0 spiro atoms. The molecule has 1 atom stereocenters. The normalized spacial score (nSPS) is 34.6. The number of nitrogens with two attached hydrogens (primary N) is 1. The average molecular weight is 184 g/mol. The summed E-state index contributed by atoms with van der Waals surface area (Å²) in [5.41, 5.74) is 5.10. The summed E-state index contributed by atoms with van der Waals surface area (Å²) < 4.78 is 5.23. The maximum absolute atomic E-state index is 11.4. The molecule has 1 unspecified atom stereocenters. The first-order valence-corrected chi connectivity index (χ1v) is 4.84. The van der Waals surface area contributed by atoms with Crippen molar-refractivity contribution in [3.05, 3.63) is 0 Å². The van der Waals surface area contributed by atoms with Gasteiger partial charge >= 0.3 is 6.09 Å². The Labute approximate surface area is 78.0 Å². The molecule has 13 heavy (non-hydrogen) atoms. The summed E-state index contributed by atoms with van der Waals surface area (Å²) in [5, 5.41) is 0. The maximum atomic E-state index is 11.4. The largest absolute Gasteiger partial charge is 0.440 e. The van der Waals surface area contributed by atoms with E-state index in [1.165, 1.54) is 6.42 Å². The molecule has 2 rings (SSSR count).